The van der Waals surface area contributed by atoms with Gasteiger partial charge >= 0.3 is 0 Å². The van der Waals surface area contributed by atoms with E-state index in [2.05, 4.69) is 25.5 Å². The summed E-state index contributed by atoms with van der Waals surface area (Å²) >= 11 is 0. The molecule has 2 aromatic heterocycles. The summed E-state index contributed by atoms with van der Waals surface area (Å²) in [6.07, 6.45) is 1.46. The fourth-order valence-electron chi connectivity index (χ4n) is 2.26. The van der Waals surface area contributed by atoms with E-state index in [1.54, 1.807) is 31.2 Å². The summed E-state index contributed by atoms with van der Waals surface area (Å²) in [6, 6.07) is 8.70. The SMILES string of the molecule is COc1cccc(O)c1-c1cc(Nc2cnc(C#N)c(C)n2)n[nH]1. The second-order valence-corrected chi connectivity index (χ2v) is 4.95. The molecule has 8 nitrogen and oxygen atoms in total. The Kier molecular flexibility index (Phi) is 3.99. The summed E-state index contributed by atoms with van der Waals surface area (Å²) in [5.74, 6) is 1.57. The van der Waals surface area contributed by atoms with Gasteiger partial charge in [0.05, 0.1) is 30.3 Å². The zero-order valence-corrected chi connectivity index (χ0v) is 13.0. The Balaban J connectivity index is 1.90. The Labute approximate surface area is 137 Å². The van der Waals surface area contributed by atoms with Crippen molar-refractivity contribution >= 4 is 11.6 Å². The highest BCUT2D eigenvalue weighted by molar-refractivity contribution is 5.76. The van der Waals surface area contributed by atoms with Gasteiger partial charge in [0.15, 0.2) is 11.5 Å². The molecule has 0 saturated carbocycles. The minimum atomic E-state index is 0.0820. The molecule has 0 aliphatic rings. The number of hydrogen-bond acceptors (Lipinski definition) is 7. The molecule has 24 heavy (non-hydrogen) atoms. The molecule has 0 saturated heterocycles. The van der Waals surface area contributed by atoms with E-state index in [4.69, 9.17) is 10.00 Å². The number of nitrogens with one attached hydrogen (secondary N) is 2. The Bertz CT molecular complexity index is 929. The number of nitriles is 1. The summed E-state index contributed by atoms with van der Waals surface area (Å²) in [5, 5.41) is 28.9. The number of methoxy groups -OCH3 is 1. The highest BCUT2D eigenvalue weighted by Crippen LogP contribution is 2.37. The minimum absolute atomic E-state index is 0.0820. The number of H-pyrrole nitrogens is 1. The van der Waals surface area contributed by atoms with Crippen LogP contribution in [0.15, 0.2) is 30.5 Å². The molecule has 0 unspecified atom stereocenters. The molecule has 120 valence electrons. The van der Waals surface area contributed by atoms with Crippen molar-refractivity contribution in [3.63, 3.8) is 0 Å². The van der Waals surface area contributed by atoms with Gasteiger partial charge in [-0.3, -0.25) is 5.10 Å². The number of hydrogen-bond donors (Lipinski definition) is 3. The first-order valence-electron chi connectivity index (χ1n) is 7.05. The van der Waals surface area contributed by atoms with Gasteiger partial charge < -0.3 is 15.2 Å². The lowest BCUT2D eigenvalue weighted by atomic mass is 10.1. The molecule has 3 aromatic rings. The molecular weight excluding hydrogens is 308 g/mol. The third-order valence-corrected chi connectivity index (χ3v) is 3.38. The van der Waals surface area contributed by atoms with Crippen molar-refractivity contribution in [2.75, 3.05) is 12.4 Å². The standard InChI is InChI=1S/C16H14N6O2/c1-9-11(7-17)18-8-15(19-9)20-14-6-10(21-22-14)16-12(23)4-3-5-13(16)24-2/h3-6,8,23H,1-2H3,(H2,19,20,21,22). The van der Waals surface area contributed by atoms with E-state index in [0.29, 0.717) is 34.3 Å². The Hall–Kier alpha value is -3.60. The molecular formula is C16H14N6O2. The van der Waals surface area contributed by atoms with E-state index in [-0.39, 0.29) is 11.4 Å². The number of rotatable bonds is 4. The maximum absolute atomic E-state index is 10.1. The van der Waals surface area contributed by atoms with Gasteiger partial charge in [-0.05, 0) is 19.1 Å². The molecule has 0 aliphatic heterocycles. The lowest BCUT2D eigenvalue weighted by Crippen LogP contribution is -1.99. The van der Waals surface area contributed by atoms with Gasteiger partial charge in [0, 0.05) is 6.07 Å². The van der Waals surface area contributed by atoms with Crippen LogP contribution in [0.2, 0.25) is 0 Å². The minimum Gasteiger partial charge on any atom is -0.507 e. The Morgan fingerprint density at radius 2 is 2.17 bits per heavy atom. The van der Waals surface area contributed by atoms with Gasteiger partial charge in [-0.2, -0.15) is 10.4 Å². The molecule has 0 aliphatic carbocycles. The number of phenols is 1. The number of benzene rings is 1. The zero-order valence-electron chi connectivity index (χ0n) is 13.0. The molecule has 8 heteroatoms. The summed E-state index contributed by atoms with van der Waals surface area (Å²) in [7, 11) is 1.53. The van der Waals surface area contributed by atoms with Gasteiger partial charge in [-0.15, -0.1) is 0 Å². The van der Waals surface area contributed by atoms with Crippen LogP contribution in [0.1, 0.15) is 11.4 Å². The summed E-state index contributed by atoms with van der Waals surface area (Å²) in [6.45, 7) is 1.71. The summed E-state index contributed by atoms with van der Waals surface area (Å²) in [5.41, 5.74) is 1.91. The van der Waals surface area contributed by atoms with Crippen molar-refractivity contribution in [3.05, 3.63) is 41.9 Å². The van der Waals surface area contributed by atoms with Gasteiger partial charge in [0.2, 0.25) is 0 Å². The molecule has 1 aromatic carbocycles. The maximum atomic E-state index is 10.1. The van der Waals surface area contributed by atoms with Gasteiger partial charge in [-0.25, -0.2) is 9.97 Å². The second kappa shape index (κ2) is 6.26. The lowest BCUT2D eigenvalue weighted by molar-refractivity contribution is 0.410. The van der Waals surface area contributed by atoms with Crippen LogP contribution in [-0.2, 0) is 0 Å². The number of aromatic nitrogens is 4. The fourth-order valence-corrected chi connectivity index (χ4v) is 2.26. The summed E-state index contributed by atoms with van der Waals surface area (Å²) in [4.78, 5) is 8.26. The molecule has 0 atom stereocenters. The smallest absolute Gasteiger partial charge is 0.161 e. The van der Waals surface area contributed by atoms with Crippen LogP contribution >= 0.6 is 0 Å². The first-order valence-corrected chi connectivity index (χ1v) is 7.05. The van der Waals surface area contributed by atoms with Gasteiger partial charge in [0.1, 0.15) is 23.4 Å². The van der Waals surface area contributed by atoms with Gasteiger partial charge in [-0.1, -0.05) is 6.07 Å². The van der Waals surface area contributed by atoms with Gasteiger partial charge in [0.25, 0.3) is 0 Å². The molecule has 3 N–H and O–H groups in total. The van der Waals surface area contributed by atoms with E-state index < -0.39 is 0 Å². The van der Waals surface area contributed by atoms with Crippen molar-refractivity contribution in [1.29, 1.82) is 5.26 Å². The first kappa shape index (κ1) is 15.3. The van der Waals surface area contributed by atoms with Crippen LogP contribution in [0.3, 0.4) is 0 Å². The number of aryl methyl sites for hydroxylation is 1. The van der Waals surface area contributed by atoms with Crippen molar-refractivity contribution in [2.45, 2.75) is 6.92 Å². The van der Waals surface area contributed by atoms with E-state index in [0.717, 1.165) is 0 Å². The quantitative estimate of drug-likeness (QED) is 0.675. The van der Waals surface area contributed by atoms with E-state index in [9.17, 15) is 5.11 Å². The van der Waals surface area contributed by atoms with Crippen molar-refractivity contribution in [1.82, 2.24) is 20.2 Å². The van der Waals surface area contributed by atoms with E-state index >= 15 is 0 Å². The van der Waals surface area contributed by atoms with Crippen molar-refractivity contribution in [3.8, 4) is 28.8 Å². The zero-order chi connectivity index (χ0) is 17.1. The number of aromatic amines is 1. The first-order chi connectivity index (χ1) is 11.6. The normalized spacial score (nSPS) is 10.2. The van der Waals surface area contributed by atoms with E-state index in [1.165, 1.54) is 13.3 Å². The Morgan fingerprint density at radius 1 is 1.33 bits per heavy atom. The topological polar surface area (TPSA) is 120 Å². The number of aromatic hydroxyl groups is 1. The Morgan fingerprint density at radius 3 is 2.88 bits per heavy atom. The molecule has 0 spiro atoms. The predicted molar refractivity (Wildman–Crippen MR) is 87.0 cm³/mol. The number of anilines is 2. The fraction of sp³-hybridized carbons (Fsp3) is 0.125. The van der Waals surface area contributed by atoms with E-state index in [1.807, 2.05) is 6.07 Å². The van der Waals surface area contributed by atoms with Crippen LogP contribution in [0.5, 0.6) is 11.5 Å². The maximum Gasteiger partial charge on any atom is 0.161 e. The monoisotopic (exact) mass is 322 g/mol. The predicted octanol–water partition coefficient (Wildman–Crippen LogP) is 2.50. The molecule has 2 heterocycles. The van der Waals surface area contributed by atoms with Crippen LogP contribution in [-0.4, -0.2) is 32.4 Å². The number of nitrogens with zero attached hydrogens (tertiary/aromatic N) is 4. The average molecular weight is 322 g/mol. The largest absolute Gasteiger partial charge is 0.507 e. The lowest BCUT2D eigenvalue weighted by Gasteiger charge is -2.07. The highest BCUT2D eigenvalue weighted by atomic mass is 16.5. The number of ether oxygens (including phenoxy) is 1. The molecule has 0 fully saturated rings. The molecule has 0 amide bonds. The van der Waals surface area contributed by atoms with Crippen LogP contribution in [0.25, 0.3) is 11.3 Å². The molecule has 0 radical (unpaired) electrons. The summed E-state index contributed by atoms with van der Waals surface area (Å²) < 4.78 is 5.27. The third-order valence-electron chi connectivity index (χ3n) is 3.38. The number of phenolic OH excluding ortho intramolecular Hbond substituents is 1. The van der Waals surface area contributed by atoms with Crippen LogP contribution in [0, 0.1) is 18.3 Å². The second-order valence-electron chi connectivity index (χ2n) is 4.95. The van der Waals surface area contributed by atoms with Crippen molar-refractivity contribution < 1.29 is 9.84 Å². The molecule has 3 rings (SSSR count). The molecule has 0 bridgehead atoms. The van der Waals surface area contributed by atoms with Crippen LogP contribution in [0.4, 0.5) is 11.6 Å². The van der Waals surface area contributed by atoms with Crippen molar-refractivity contribution in [2.24, 2.45) is 0 Å². The highest BCUT2D eigenvalue weighted by Gasteiger charge is 2.14. The average Bonchev–Trinajstić information content (AvgIpc) is 3.02. The third kappa shape index (κ3) is 2.83. The van der Waals surface area contributed by atoms with Crippen LogP contribution < -0.4 is 10.1 Å².